The van der Waals surface area contributed by atoms with Crippen LogP contribution in [0.2, 0.25) is 19.6 Å². The monoisotopic (exact) mass is 548 g/mol. The Hall–Kier alpha value is -4.77. The summed E-state index contributed by atoms with van der Waals surface area (Å²) in [6.07, 6.45) is 0. The summed E-state index contributed by atoms with van der Waals surface area (Å²) in [5, 5.41) is 5.39. The van der Waals surface area contributed by atoms with Gasteiger partial charge in [0.15, 0.2) is 0 Å². The highest BCUT2D eigenvalue weighted by molar-refractivity contribution is 6.71. The zero-order valence-corrected chi connectivity index (χ0v) is 23.1. The summed E-state index contributed by atoms with van der Waals surface area (Å²) in [5.74, 6) is -2.33. The van der Waals surface area contributed by atoms with Crippen molar-refractivity contribution in [1.29, 1.82) is 0 Å². The molecule has 0 heterocycles. The standard InChI is InChI=1S/C28H28N2O8Si/c1-17(31)36-24-10-6-8-19(14-24)26(33)29-22-12-21(28(35)38-39(3,4)5)13-23(16-22)30-27(34)20-9-7-11-25(15-20)37-18(2)32/h6-16H,1-5H3,(H,29,33)(H,30,34). The van der Waals surface area contributed by atoms with Crippen LogP contribution in [0.1, 0.15) is 44.9 Å². The van der Waals surface area contributed by atoms with Crippen LogP contribution in [0.4, 0.5) is 11.4 Å². The molecule has 0 bridgehead atoms. The molecular formula is C28H28N2O8Si. The summed E-state index contributed by atoms with van der Waals surface area (Å²) in [6.45, 7) is 8.06. The van der Waals surface area contributed by atoms with Gasteiger partial charge >= 0.3 is 17.9 Å². The topological polar surface area (TPSA) is 137 Å². The summed E-state index contributed by atoms with van der Waals surface area (Å²) in [7, 11) is -2.25. The van der Waals surface area contributed by atoms with E-state index in [0.29, 0.717) is 0 Å². The van der Waals surface area contributed by atoms with Crippen molar-refractivity contribution in [3.8, 4) is 11.5 Å². The largest absolute Gasteiger partial charge is 0.516 e. The van der Waals surface area contributed by atoms with Gasteiger partial charge in [-0.2, -0.15) is 0 Å². The van der Waals surface area contributed by atoms with E-state index in [0.717, 1.165) is 0 Å². The fourth-order valence-corrected chi connectivity index (χ4v) is 4.04. The molecule has 3 aromatic carbocycles. The molecule has 0 aromatic heterocycles. The molecule has 0 saturated heterocycles. The van der Waals surface area contributed by atoms with Crippen molar-refractivity contribution in [3.05, 3.63) is 83.4 Å². The van der Waals surface area contributed by atoms with E-state index >= 15 is 0 Å². The maximum Gasteiger partial charge on any atom is 0.324 e. The van der Waals surface area contributed by atoms with Gasteiger partial charge in [-0.15, -0.1) is 0 Å². The molecule has 0 unspecified atom stereocenters. The van der Waals surface area contributed by atoms with E-state index in [9.17, 15) is 24.0 Å². The van der Waals surface area contributed by atoms with Crippen LogP contribution in [0.5, 0.6) is 11.5 Å². The number of nitrogens with one attached hydrogen (secondary N) is 2. The van der Waals surface area contributed by atoms with Gasteiger partial charge in [-0.25, -0.2) is 4.79 Å². The number of anilines is 2. The Morgan fingerprint density at radius 3 is 1.44 bits per heavy atom. The number of amides is 2. The molecule has 0 aliphatic carbocycles. The van der Waals surface area contributed by atoms with Crippen molar-refractivity contribution < 1.29 is 37.9 Å². The van der Waals surface area contributed by atoms with Gasteiger partial charge in [0.2, 0.25) is 8.32 Å². The SMILES string of the molecule is CC(=O)Oc1cccc(C(=O)Nc2cc(NC(=O)c3cccc(OC(C)=O)c3)cc(C(=O)O[Si](C)(C)C)c2)c1. The minimum atomic E-state index is -2.25. The zero-order valence-electron chi connectivity index (χ0n) is 22.1. The fourth-order valence-electron chi connectivity index (χ4n) is 3.37. The van der Waals surface area contributed by atoms with E-state index in [4.69, 9.17) is 13.9 Å². The number of rotatable bonds is 8. The zero-order chi connectivity index (χ0) is 28.7. The second kappa shape index (κ2) is 12.2. The third kappa shape index (κ3) is 8.93. The van der Waals surface area contributed by atoms with Crippen molar-refractivity contribution in [2.45, 2.75) is 33.5 Å². The Morgan fingerprint density at radius 1 is 0.615 bits per heavy atom. The van der Waals surface area contributed by atoms with Crippen LogP contribution in [0, 0.1) is 0 Å². The van der Waals surface area contributed by atoms with Gasteiger partial charge in [0.25, 0.3) is 11.8 Å². The van der Waals surface area contributed by atoms with Crippen LogP contribution < -0.4 is 20.1 Å². The van der Waals surface area contributed by atoms with Crippen LogP contribution in [0.25, 0.3) is 0 Å². The normalized spacial score (nSPS) is 10.7. The van der Waals surface area contributed by atoms with Gasteiger partial charge in [-0.05, 0) is 74.2 Å². The number of ether oxygens (including phenoxy) is 2. The molecule has 11 heteroatoms. The lowest BCUT2D eigenvalue weighted by Gasteiger charge is -2.18. The van der Waals surface area contributed by atoms with E-state index in [1.165, 1.54) is 68.4 Å². The Kier molecular flexibility index (Phi) is 8.99. The summed E-state index contributed by atoms with van der Waals surface area (Å²) in [5.41, 5.74) is 0.958. The number of esters is 2. The molecular weight excluding hydrogens is 520 g/mol. The fraction of sp³-hybridized carbons (Fsp3) is 0.179. The Bertz CT molecular complexity index is 1350. The molecule has 0 fully saturated rings. The number of carbonyl (C=O) groups excluding carboxylic acids is 5. The molecule has 3 rings (SSSR count). The predicted molar refractivity (Wildman–Crippen MR) is 147 cm³/mol. The molecule has 0 aliphatic rings. The summed E-state index contributed by atoms with van der Waals surface area (Å²) >= 11 is 0. The van der Waals surface area contributed by atoms with Gasteiger partial charge in [-0.3, -0.25) is 19.2 Å². The maximum absolute atomic E-state index is 13.0. The molecule has 0 aliphatic heterocycles. The second-order valence-corrected chi connectivity index (χ2v) is 13.9. The Morgan fingerprint density at radius 2 is 1.05 bits per heavy atom. The number of hydrogen-bond acceptors (Lipinski definition) is 8. The predicted octanol–water partition coefficient (Wildman–Crippen LogP) is 5.03. The van der Waals surface area contributed by atoms with Gasteiger partial charge in [0.1, 0.15) is 11.5 Å². The average Bonchev–Trinajstić information content (AvgIpc) is 2.82. The molecule has 0 saturated carbocycles. The summed E-state index contributed by atoms with van der Waals surface area (Å²) in [4.78, 5) is 61.3. The van der Waals surface area contributed by atoms with Crippen LogP contribution in [-0.2, 0) is 14.0 Å². The molecule has 3 aromatic rings. The molecule has 0 radical (unpaired) electrons. The third-order valence-electron chi connectivity index (χ3n) is 4.80. The number of benzene rings is 3. The van der Waals surface area contributed by atoms with E-state index < -0.39 is 38.0 Å². The minimum Gasteiger partial charge on any atom is -0.516 e. The van der Waals surface area contributed by atoms with Gasteiger partial charge in [-0.1, -0.05) is 12.1 Å². The minimum absolute atomic E-state index is 0.118. The van der Waals surface area contributed by atoms with Gasteiger partial charge in [0, 0.05) is 36.3 Å². The average molecular weight is 549 g/mol. The molecule has 10 nitrogen and oxygen atoms in total. The molecule has 2 amide bonds. The van der Waals surface area contributed by atoms with E-state index in [-0.39, 0.29) is 39.6 Å². The van der Waals surface area contributed by atoms with E-state index in [2.05, 4.69) is 10.6 Å². The highest BCUT2D eigenvalue weighted by atomic mass is 28.4. The highest BCUT2D eigenvalue weighted by Gasteiger charge is 2.22. The maximum atomic E-state index is 13.0. The lowest BCUT2D eigenvalue weighted by Crippen LogP contribution is -2.29. The van der Waals surface area contributed by atoms with Crippen molar-refractivity contribution in [2.75, 3.05) is 10.6 Å². The lowest BCUT2D eigenvalue weighted by atomic mass is 10.1. The van der Waals surface area contributed by atoms with Crippen molar-refractivity contribution in [3.63, 3.8) is 0 Å². The van der Waals surface area contributed by atoms with Gasteiger partial charge < -0.3 is 24.5 Å². The van der Waals surface area contributed by atoms with Crippen LogP contribution >= 0.6 is 0 Å². The molecule has 202 valence electrons. The highest BCUT2D eigenvalue weighted by Crippen LogP contribution is 2.24. The molecule has 2 N–H and O–H groups in total. The lowest BCUT2D eigenvalue weighted by molar-refractivity contribution is -0.132. The molecule has 0 spiro atoms. The molecule has 39 heavy (non-hydrogen) atoms. The third-order valence-corrected chi connectivity index (χ3v) is 5.60. The first-order valence-corrected chi connectivity index (χ1v) is 15.3. The number of hydrogen-bond donors (Lipinski definition) is 2. The van der Waals surface area contributed by atoms with E-state index in [1.807, 2.05) is 19.6 Å². The first kappa shape index (κ1) is 28.8. The first-order valence-electron chi connectivity index (χ1n) is 11.9. The summed E-state index contributed by atoms with van der Waals surface area (Å²) in [6, 6.07) is 16.4. The molecule has 0 atom stereocenters. The van der Waals surface area contributed by atoms with Crippen molar-refractivity contribution in [1.82, 2.24) is 0 Å². The van der Waals surface area contributed by atoms with Crippen molar-refractivity contribution >= 4 is 49.4 Å². The van der Waals surface area contributed by atoms with Crippen LogP contribution in [0.3, 0.4) is 0 Å². The second-order valence-electron chi connectivity index (χ2n) is 9.45. The summed E-state index contributed by atoms with van der Waals surface area (Å²) < 4.78 is 15.7. The van der Waals surface area contributed by atoms with Crippen LogP contribution in [0.15, 0.2) is 66.7 Å². The Balaban J connectivity index is 1.91. The van der Waals surface area contributed by atoms with Gasteiger partial charge in [0.05, 0.1) is 5.56 Å². The quantitative estimate of drug-likeness (QED) is 0.227. The number of carbonyl (C=O) groups is 5. The Labute approximate surface area is 226 Å². The van der Waals surface area contributed by atoms with E-state index in [1.54, 1.807) is 12.1 Å². The van der Waals surface area contributed by atoms with Crippen molar-refractivity contribution in [2.24, 2.45) is 0 Å². The smallest absolute Gasteiger partial charge is 0.324 e. The van der Waals surface area contributed by atoms with Crippen LogP contribution in [-0.4, -0.2) is 38.0 Å². The first-order chi connectivity index (χ1) is 18.3.